The van der Waals surface area contributed by atoms with Gasteiger partial charge in [0.1, 0.15) is 11.4 Å². The number of hydrogen-bond donors (Lipinski definition) is 1. The van der Waals surface area contributed by atoms with Crippen LogP contribution in [0.15, 0.2) is 41.4 Å². The van der Waals surface area contributed by atoms with Crippen molar-refractivity contribution < 1.29 is 22.7 Å². The van der Waals surface area contributed by atoms with E-state index >= 15 is 0 Å². The van der Waals surface area contributed by atoms with Gasteiger partial charge < -0.3 is 10.5 Å². The summed E-state index contributed by atoms with van der Waals surface area (Å²) in [5.74, 6) is 0.210. The molecule has 0 aliphatic carbocycles. The minimum absolute atomic E-state index is 0.0383. The highest BCUT2D eigenvalue weighted by Gasteiger charge is 2.55. The lowest BCUT2D eigenvalue weighted by molar-refractivity contribution is -0.137. The Hall–Kier alpha value is -2.74. The lowest BCUT2D eigenvalue weighted by atomic mass is 9.77. The van der Waals surface area contributed by atoms with E-state index in [2.05, 4.69) is 4.99 Å². The summed E-state index contributed by atoms with van der Waals surface area (Å²) >= 11 is 5.94. The Morgan fingerprint density at radius 2 is 1.87 bits per heavy atom. The fraction of sp³-hybridized carbons (Fsp3) is 0.333. The van der Waals surface area contributed by atoms with Crippen molar-refractivity contribution in [2.45, 2.75) is 37.6 Å². The molecule has 0 saturated carbocycles. The maximum absolute atomic E-state index is 13.2. The number of carbonyl (C=O) groups is 1. The number of amides is 1. The smallest absolute Gasteiger partial charge is 0.416 e. The topological polar surface area (TPSA) is 67.9 Å². The summed E-state index contributed by atoms with van der Waals surface area (Å²) in [6.45, 7) is 3.69. The molecule has 0 bridgehead atoms. The molecule has 2 aromatic rings. The van der Waals surface area contributed by atoms with Gasteiger partial charge in [0.05, 0.1) is 5.56 Å². The molecule has 1 amide bonds. The van der Waals surface area contributed by atoms with E-state index in [9.17, 15) is 18.0 Å². The number of aliphatic imine (C=N–C) groups is 1. The molecule has 1 unspecified atom stereocenters. The number of likely N-dealkylation sites (N-methyl/N-ethyl adjacent to an activating group) is 1. The molecule has 30 heavy (non-hydrogen) atoms. The van der Waals surface area contributed by atoms with E-state index in [1.165, 1.54) is 18.0 Å². The molecule has 2 heterocycles. The van der Waals surface area contributed by atoms with Crippen LogP contribution in [-0.4, -0.2) is 29.4 Å². The van der Waals surface area contributed by atoms with Gasteiger partial charge in [0.15, 0.2) is 11.5 Å². The maximum Gasteiger partial charge on any atom is 0.416 e. The molecule has 0 saturated heterocycles. The third kappa shape index (κ3) is 3.19. The van der Waals surface area contributed by atoms with Crippen LogP contribution < -0.4 is 10.5 Å². The number of nitrogens with zero attached hydrogens (tertiary/aromatic N) is 2. The Morgan fingerprint density at radius 1 is 1.17 bits per heavy atom. The van der Waals surface area contributed by atoms with Gasteiger partial charge in [-0.2, -0.15) is 13.2 Å². The van der Waals surface area contributed by atoms with E-state index < -0.39 is 22.9 Å². The van der Waals surface area contributed by atoms with Crippen LogP contribution in [0, 0.1) is 0 Å². The van der Waals surface area contributed by atoms with Gasteiger partial charge in [-0.25, -0.2) is 4.99 Å². The third-order valence-electron chi connectivity index (χ3n) is 5.36. The van der Waals surface area contributed by atoms with Gasteiger partial charge in [-0.05, 0) is 55.3 Å². The van der Waals surface area contributed by atoms with Crippen LogP contribution >= 0.6 is 11.6 Å². The third-order valence-corrected chi connectivity index (χ3v) is 5.58. The second-order valence-corrected chi connectivity index (χ2v) is 8.61. The summed E-state index contributed by atoms with van der Waals surface area (Å²) in [7, 11) is 1.54. The molecule has 1 spiro atoms. The first-order valence-electron chi connectivity index (χ1n) is 9.18. The number of benzene rings is 2. The molecular weight excluding hydrogens is 419 g/mol. The highest BCUT2D eigenvalue weighted by Crippen LogP contribution is 2.50. The Bertz CT molecular complexity index is 1100. The van der Waals surface area contributed by atoms with Gasteiger partial charge in [-0.1, -0.05) is 17.7 Å². The molecule has 2 aromatic carbocycles. The van der Waals surface area contributed by atoms with Crippen molar-refractivity contribution in [2.24, 2.45) is 10.7 Å². The summed E-state index contributed by atoms with van der Waals surface area (Å²) < 4.78 is 45.7. The maximum atomic E-state index is 13.2. The Kier molecular flexibility index (Phi) is 4.36. The van der Waals surface area contributed by atoms with Crippen molar-refractivity contribution in [2.75, 3.05) is 7.05 Å². The van der Waals surface area contributed by atoms with Crippen LogP contribution in [-0.2, 0) is 16.5 Å². The summed E-state index contributed by atoms with van der Waals surface area (Å²) in [4.78, 5) is 18.9. The van der Waals surface area contributed by atoms with Crippen molar-refractivity contribution in [3.63, 3.8) is 0 Å². The van der Waals surface area contributed by atoms with Crippen molar-refractivity contribution >= 4 is 23.5 Å². The molecule has 2 aliphatic rings. The zero-order chi connectivity index (χ0) is 22.1. The highest BCUT2D eigenvalue weighted by atomic mass is 35.5. The Morgan fingerprint density at radius 3 is 2.47 bits per heavy atom. The average Bonchev–Trinajstić information content (AvgIpc) is 2.83. The largest absolute Gasteiger partial charge is 0.487 e. The number of carbonyl (C=O) groups excluding carboxylic acids is 1. The van der Waals surface area contributed by atoms with Crippen molar-refractivity contribution in [3.05, 3.63) is 52.5 Å². The quantitative estimate of drug-likeness (QED) is 0.710. The van der Waals surface area contributed by atoms with Crippen molar-refractivity contribution in [1.82, 2.24) is 4.90 Å². The van der Waals surface area contributed by atoms with Gasteiger partial charge in [0.25, 0.3) is 5.91 Å². The van der Waals surface area contributed by atoms with Gasteiger partial charge in [-0.3, -0.25) is 9.69 Å². The number of nitrogens with two attached hydrogens (primary N) is 1. The van der Waals surface area contributed by atoms with Crippen LogP contribution in [0.1, 0.15) is 31.4 Å². The number of guanidine groups is 1. The fourth-order valence-corrected chi connectivity index (χ4v) is 4.31. The zero-order valence-electron chi connectivity index (χ0n) is 16.5. The standard InChI is InChI=1S/C21H19ClF3N3O2/c1-19(2)10-20(17(29)28(3)18(26)27-20)15-8-11(4-5-16(15)30-19)12-6-13(21(23,24)25)9-14(22)7-12/h4-9H,10H2,1-3H3,(H2,26,27). The minimum Gasteiger partial charge on any atom is -0.487 e. The minimum atomic E-state index is -4.54. The van der Waals surface area contributed by atoms with Crippen LogP contribution in [0.25, 0.3) is 11.1 Å². The molecule has 158 valence electrons. The monoisotopic (exact) mass is 437 g/mol. The van der Waals surface area contributed by atoms with Gasteiger partial charge in [0.2, 0.25) is 0 Å². The number of ether oxygens (including phenoxy) is 1. The second kappa shape index (κ2) is 6.38. The van der Waals surface area contributed by atoms with Crippen molar-refractivity contribution in [1.29, 1.82) is 0 Å². The first-order chi connectivity index (χ1) is 13.8. The van der Waals surface area contributed by atoms with Gasteiger partial charge in [0, 0.05) is 24.1 Å². The van der Waals surface area contributed by atoms with E-state index in [0.29, 0.717) is 16.9 Å². The van der Waals surface area contributed by atoms with Crippen LogP contribution in [0.2, 0.25) is 5.02 Å². The molecular formula is C21H19ClF3N3O2. The SMILES string of the molecule is CN1C(=O)C2(CC(C)(C)Oc3ccc(-c4cc(Cl)cc(C(F)(F)F)c4)cc32)N=C1N. The zero-order valence-corrected chi connectivity index (χ0v) is 17.2. The molecule has 2 N–H and O–H groups in total. The summed E-state index contributed by atoms with van der Waals surface area (Å²) in [6.07, 6.45) is -4.30. The lowest BCUT2D eigenvalue weighted by Crippen LogP contribution is -2.49. The molecule has 2 aliphatic heterocycles. The number of rotatable bonds is 1. The molecule has 0 radical (unpaired) electrons. The summed E-state index contributed by atoms with van der Waals surface area (Å²) in [6, 6.07) is 8.24. The Balaban J connectivity index is 1.91. The first-order valence-corrected chi connectivity index (χ1v) is 9.55. The fourth-order valence-electron chi connectivity index (χ4n) is 4.08. The highest BCUT2D eigenvalue weighted by molar-refractivity contribution is 6.31. The van der Waals surface area contributed by atoms with E-state index in [1.54, 1.807) is 18.2 Å². The van der Waals surface area contributed by atoms with E-state index in [-0.39, 0.29) is 28.9 Å². The van der Waals surface area contributed by atoms with Crippen molar-refractivity contribution in [3.8, 4) is 16.9 Å². The normalized spacial score (nSPS) is 22.7. The summed E-state index contributed by atoms with van der Waals surface area (Å²) in [5, 5.41) is -0.0383. The van der Waals surface area contributed by atoms with Gasteiger partial charge in [-0.15, -0.1) is 0 Å². The van der Waals surface area contributed by atoms with Gasteiger partial charge >= 0.3 is 6.18 Å². The second-order valence-electron chi connectivity index (χ2n) is 8.17. The van der Waals surface area contributed by atoms with E-state index in [4.69, 9.17) is 22.1 Å². The summed E-state index contributed by atoms with van der Waals surface area (Å²) in [5.41, 5.74) is 4.28. The molecule has 0 fully saturated rings. The number of halogens is 4. The predicted molar refractivity (Wildman–Crippen MR) is 107 cm³/mol. The van der Waals surface area contributed by atoms with E-state index in [0.717, 1.165) is 12.1 Å². The van der Waals surface area contributed by atoms with Crippen LogP contribution in [0.3, 0.4) is 0 Å². The van der Waals surface area contributed by atoms with Crippen LogP contribution in [0.4, 0.5) is 13.2 Å². The number of fused-ring (bicyclic) bond motifs is 2. The Labute approximate surface area is 176 Å². The molecule has 4 rings (SSSR count). The number of hydrogen-bond acceptors (Lipinski definition) is 4. The molecule has 9 heteroatoms. The first kappa shape index (κ1) is 20.5. The molecule has 1 atom stereocenters. The number of alkyl halides is 3. The molecule has 0 aromatic heterocycles. The average molecular weight is 438 g/mol. The van der Waals surface area contributed by atoms with E-state index in [1.807, 2.05) is 13.8 Å². The predicted octanol–water partition coefficient (Wildman–Crippen LogP) is 4.57. The molecule has 5 nitrogen and oxygen atoms in total. The van der Waals surface area contributed by atoms with Crippen LogP contribution in [0.5, 0.6) is 5.75 Å². The lowest BCUT2D eigenvalue weighted by Gasteiger charge is -2.41.